The Labute approximate surface area is 106 Å². The summed E-state index contributed by atoms with van der Waals surface area (Å²) in [5.41, 5.74) is 1.19. The fraction of sp³-hybridized carbons (Fsp3) is 0.538. The number of nitrogens with one attached hydrogen (secondary N) is 1. The second kappa shape index (κ2) is 5.14. The molecule has 3 rings (SSSR count). The number of hydrogen-bond acceptors (Lipinski definition) is 5. The third-order valence-electron chi connectivity index (χ3n) is 3.30. The Balaban J connectivity index is 1.68. The molecule has 0 aromatic heterocycles. The molecule has 5 nitrogen and oxygen atoms in total. The molecule has 2 N–H and O–H groups in total. The van der Waals surface area contributed by atoms with Crippen molar-refractivity contribution in [3.05, 3.63) is 23.8 Å². The molecule has 1 fully saturated rings. The molecule has 0 bridgehead atoms. The lowest BCUT2D eigenvalue weighted by atomic mass is 10.2. The molecule has 98 valence electrons. The lowest BCUT2D eigenvalue weighted by Crippen LogP contribution is -2.32. The number of nitrogens with zero attached hydrogens (tertiary/aromatic N) is 1. The molecular weight excluding hydrogens is 232 g/mol. The van der Waals surface area contributed by atoms with Crippen LogP contribution in [0.1, 0.15) is 5.56 Å². The first kappa shape index (κ1) is 11.8. The second-order valence-corrected chi connectivity index (χ2v) is 4.78. The molecule has 18 heavy (non-hydrogen) atoms. The van der Waals surface area contributed by atoms with E-state index >= 15 is 0 Å². The van der Waals surface area contributed by atoms with Crippen LogP contribution < -0.4 is 14.8 Å². The SMILES string of the molecule is OC1CNCCN(Cc2ccc3c(c2)OCO3)C1. The van der Waals surface area contributed by atoms with Gasteiger partial charge in [-0.1, -0.05) is 6.07 Å². The molecule has 0 aliphatic carbocycles. The van der Waals surface area contributed by atoms with E-state index in [9.17, 15) is 5.11 Å². The normalized spacial score (nSPS) is 23.9. The largest absolute Gasteiger partial charge is 0.454 e. The van der Waals surface area contributed by atoms with Gasteiger partial charge in [-0.3, -0.25) is 4.90 Å². The van der Waals surface area contributed by atoms with Gasteiger partial charge in [-0.2, -0.15) is 0 Å². The van der Waals surface area contributed by atoms with Crippen LogP contribution in [-0.2, 0) is 6.54 Å². The highest BCUT2D eigenvalue weighted by molar-refractivity contribution is 5.44. The van der Waals surface area contributed by atoms with E-state index in [0.29, 0.717) is 19.9 Å². The molecule has 0 radical (unpaired) electrons. The van der Waals surface area contributed by atoms with Crippen LogP contribution in [0.15, 0.2) is 18.2 Å². The molecule has 0 saturated carbocycles. The monoisotopic (exact) mass is 250 g/mol. The zero-order chi connectivity index (χ0) is 12.4. The van der Waals surface area contributed by atoms with Crippen LogP contribution in [0, 0.1) is 0 Å². The molecule has 1 unspecified atom stereocenters. The van der Waals surface area contributed by atoms with E-state index in [1.54, 1.807) is 0 Å². The van der Waals surface area contributed by atoms with Crippen LogP contribution in [0.3, 0.4) is 0 Å². The Morgan fingerprint density at radius 2 is 2.22 bits per heavy atom. The van der Waals surface area contributed by atoms with E-state index in [2.05, 4.69) is 16.3 Å². The maximum absolute atomic E-state index is 9.74. The molecule has 2 heterocycles. The summed E-state index contributed by atoms with van der Waals surface area (Å²) in [4.78, 5) is 2.25. The van der Waals surface area contributed by atoms with Crippen molar-refractivity contribution in [2.45, 2.75) is 12.6 Å². The number of hydrogen-bond donors (Lipinski definition) is 2. The van der Waals surface area contributed by atoms with Crippen molar-refractivity contribution >= 4 is 0 Å². The van der Waals surface area contributed by atoms with E-state index in [1.165, 1.54) is 5.56 Å². The number of aliphatic hydroxyl groups is 1. The fourth-order valence-electron chi connectivity index (χ4n) is 2.40. The first-order valence-electron chi connectivity index (χ1n) is 6.31. The Morgan fingerprint density at radius 1 is 1.33 bits per heavy atom. The number of fused-ring (bicyclic) bond motifs is 1. The van der Waals surface area contributed by atoms with Gasteiger partial charge >= 0.3 is 0 Å². The molecule has 1 atom stereocenters. The molecular formula is C13H18N2O3. The molecule has 2 aliphatic heterocycles. The number of β-amino-alcohol motifs (C(OH)–C–C–N with tert-alkyl or cyclic N) is 1. The summed E-state index contributed by atoms with van der Waals surface area (Å²) in [6.07, 6.45) is -0.290. The van der Waals surface area contributed by atoms with Crippen molar-refractivity contribution in [2.24, 2.45) is 0 Å². The van der Waals surface area contributed by atoms with Gasteiger partial charge in [0.05, 0.1) is 6.10 Å². The summed E-state index contributed by atoms with van der Waals surface area (Å²) in [5, 5.41) is 13.0. The number of aliphatic hydroxyl groups excluding tert-OH is 1. The van der Waals surface area contributed by atoms with E-state index in [1.807, 2.05) is 12.1 Å². The van der Waals surface area contributed by atoms with Crippen LogP contribution in [-0.4, -0.2) is 49.1 Å². The first-order chi connectivity index (χ1) is 8.81. The third kappa shape index (κ3) is 2.58. The standard InChI is InChI=1S/C13H18N2O3/c16-11-6-14-3-4-15(8-11)7-10-1-2-12-13(5-10)18-9-17-12/h1-2,5,11,14,16H,3-4,6-9H2. The quantitative estimate of drug-likeness (QED) is 0.784. The van der Waals surface area contributed by atoms with Gasteiger partial charge in [0.1, 0.15) is 0 Å². The van der Waals surface area contributed by atoms with Crippen molar-refractivity contribution in [2.75, 3.05) is 33.0 Å². The molecule has 0 amide bonds. The Morgan fingerprint density at radius 3 is 3.17 bits per heavy atom. The van der Waals surface area contributed by atoms with Crippen LogP contribution in [0.4, 0.5) is 0 Å². The van der Waals surface area contributed by atoms with E-state index in [4.69, 9.17) is 9.47 Å². The average molecular weight is 250 g/mol. The highest BCUT2D eigenvalue weighted by atomic mass is 16.7. The minimum absolute atomic E-state index is 0.290. The van der Waals surface area contributed by atoms with Crippen molar-refractivity contribution in [1.82, 2.24) is 10.2 Å². The lowest BCUT2D eigenvalue weighted by molar-refractivity contribution is 0.127. The van der Waals surface area contributed by atoms with Gasteiger partial charge in [0.2, 0.25) is 6.79 Å². The Bertz CT molecular complexity index is 425. The maximum atomic E-state index is 9.74. The number of rotatable bonds is 2. The summed E-state index contributed by atoms with van der Waals surface area (Å²) >= 11 is 0. The van der Waals surface area contributed by atoms with E-state index in [0.717, 1.165) is 31.1 Å². The Kier molecular flexibility index (Phi) is 3.36. The summed E-state index contributed by atoms with van der Waals surface area (Å²) in [5.74, 6) is 1.64. The minimum atomic E-state index is -0.290. The lowest BCUT2D eigenvalue weighted by Gasteiger charge is -2.21. The fourth-order valence-corrected chi connectivity index (χ4v) is 2.40. The molecule has 1 aromatic carbocycles. The zero-order valence-corrected chi connectivity index (χ0v) is 10.3. The van der Waals surface area contributed by atoms with Gasteiger partial charge in [-0.05, 0) is 17.7 Å². The summed E-state index contributed by atoms with van der Waals surface area (Å²) in [6.45, 7) is 4.40. The maximum Gasteiger partial charge on any atom is 0.231 e. The summed E-state index contributed by atoms with van der Waals surface area (Å²) < 4.78 is 10.7. The van der Waals surface area contributed by atoms with Gasteiger partial charge in [0.15, 0.2) is 11.5 Å². The molecule has 1 saturated heterocycles. The highest BCUT2D eigenvalue weighted by Gasteiger charge is 2.17. The summed E-state index contributed by atoms with van der Waals surface area (Å²) in [7, 11) is 0. The van der Waals surface area contributed by atoms with Crippen LogP contribution >= 0.6 is 0 Å². The number of benzene rings is 1. The van der Waals surface area contributed by atoms with Gasteiger partial charge in [0.25, 0.3) is 0 Å². The minimum Gasteiger partial charge on any atom is -0.454 e. The number of ether oxygens (including phenoxy) is 2. The second-order valence-electron chi connectivity index (χ2n) is 4.78. The topological polar surface area (TPSA) is 54.0 Å². The first-order valence-corrected chi connectivity index (χ1v) is 6.31. The van der Waals surface area contributed by atoms with Gasteiger partial charge in [-0.25, -0.2) is 0 Å². The van der Waals surface area contributed by atoms with E-state index < -0.39 is 0 Å². The zero-order valence-electron chi connectivity index (χ0n) is 10.3. The molecule has 5 heteroatoms. The molecule has 0 spiro atoms. The summed E-state index contributed by atoms with van der Waals surface area (Å²) in [6, 6.07) is 6.02. The predicted molar refractivity (Wildman–Crippen MR) is 66.7 cm³/mol. The molecule has 1 aromatic rings. The van der Waals surface area contributed by atoms with Gasteiger partial charge in [-0.15, -0.1) is 0 Å². The van der Waals surface area contributed by atoms with Crippen LogP contribution in [0.5, 0.6) is 11.5 Å². The molecule has 2 aliphatic rings. The Hall–Kier alpha value is -1.30. The van der Waals surface area contributed by atoms with Crippen molar-refractivity contribution in [3.63, 3.8) is 0 Å². The smallest absolute Gasteiger partial charge is 0.231 e. The third-order valence-corrected chi connectivity index (χ3v) is 3.30. The van der Waals surface area contributed by atoms with Crippen LogP contribution in [0.25, 0.3) is 0 Å². The highest BCUT2D eigenvalue weighted by Crippen LogP contribution is 2.32. The van der Waals surface area contributed by atoms with Crippen LogP contribution in [0.2, 0.25) is 0 Å². The van der Waals surface area contributed by atoms with Gasteiger partial charge in [0, 0.05) is 32.7 Å². The van der Waals surface area contributed by atoms with E-state index in [-0.39, 0.29) is 6.10 Å². The van der Waals surface area contributed by atoms with Gasteiger partial charge < -0.3 is 19.9 Å². The average Bonchev–Trinajstić information content (AvgIpc) is 2.72. The van der Waals surface area contributed by atoms with Crippen molar-refractivity contribution < 1.29 is 14.6 Å². The van der Waals surface area contributed by atoms with Crippen molar-refractivity contribution in [3.8, 4) is 11.5 Å². The van der Waals surface area contributed by atoms with Crippen molar-refractivity contribution in [1.29, 1.82) is 0 Å². The predicted octanol–water partition coefficient (Wildman–Crippen LogP) is 0.181.